The van der Waals surface area contributed by atoms with Gasteiger partial charge in [0.25, 0.3) is 0 Å². The van der Waals surface area contributed by atoms with E-state index < -0.39 is 12.1 Å². The first-order valence-electron chi connectivity index (χ1n) is 25.3. The first-order valence-corrected chi connectivity index (χ1v) is 25.3. The van der Waals surface area contributed by atoms with Gasteiger partial charge in [-0.25, -0.2) is 0 Å². The van der Waals surface area contributed by atoms with E-state index in [1.54, 1.807) is 0 Å². The maximum absolute atomic E-state index is 12.4. The highest BCUT2D eigenvalue weighted by molar-refractivity contribution is 5.76. The minimum Gasteiger partial charge on any atom is -0.466 e. The Morgan fingerprint density at radius 2 is 0.862 bits per heavy atom. The standard InChI is InChI=1S/C52H97NO5/c1-3-5-7-9-11-13-15-17-21-24-28-32-36-40-44-50(55)49(48-54)53-51(56)45-41-37-33-29-25-22-19-18-20-23-27-31-35-39-43-47-58-52(57)46-42-38-34-30-26-16-14-12-10-8-6-4-2/h12,14,18,20,23,27,49-50,54-55H,3-11,13,15-17,19,21-22,24-26,28-48H2,1-2H3,(H,53,56)/b14-12-,20-18-,27-23-. The highest BCUT2D eigenvalue weighted by Gasteiger charge is 2.20. The van der Waals surface area contributed by atoms with Crippen LogP contribution in [0.5, 0.6) is 0 Å². The number of rotatable bonds is 46. The van der Waals surface area contributed by atoms with Crippen LogP contribution < -0.4 is 5.32 Å². The van der Waals surface area contributed by atoms with Crippen molar-refractivity contribution in [3.05, 3.63) is 36.5 Å². The molecule has 0 spiro atoms. The summed E-state index contributed by atoms with van der Waals surface area (Å²) in [6.45, 7) is 4.86. The van der Waals surface area contributed by atoms with Gasteiger partial charge in [-0.2, -0.15) is 0 Å². The number of carbonyl (C=O) groups is 2. The van der Waals surface area contributed by atoms with Crippen LogP contribution in [0.15, 0.2) is 36.5 Å². The molecule has 0 saturated carbocycles. The first kappa shape index (κ1) is 56.1. The Morgan fingerprint density at radius 3 is 1.36 bits per heavy atom. The molecule has 0 saturated heterocycles. The average molecular weight is 816 g/mol. The van der Waals surface area contributed by atoms with E-state index in [4.69, 9.17) is 4.74 Å². The molecule has 2 atom stereocenters. The summed E-state index contributed by atoms with van der Waals surface area (Å²) in [5.74, 6) is -0.0908. The van der Waals surface area contributed by atoms with Gasteiger partial charge in [0.05, 0.1) is 25.4 Å². The molecular formula is C52H97NO5. The molecule has 6 nitrogen and oxygen atoms in total. The predicted octanol–water partition coefficient (Wildman–Crippen LogP) is 14.9. The van der Waals surface area contributed by atoms with Crippen molar-refractivity contribution >= 4 is 11.9 Å². The number of unbranched alkanes of at least 4 members (excludes halogenated alkanes) is 30. The summed E-state index contributed by atoms with van der Waals surface area (Å²) < 4.78 is 5.42. The zero-order valence-electron chi connectivity index (χ0n) is 38.5. The molecular weight excluding hydrogens is 719 g/mol. The lowest BCUT2D eigenvalue weighted by atomic mass is 10.0. The van der Waals surface area contributed by atoms with Gasteiger partial charge in [-0.1, -0.05) is 198 Å². The molecule has 0 aliphatic heterocycles. The van der Waals surface area contributed by atoms with Crippen molar-refractivity contribution < 1.29 is 24.5 Å². The van der Waals surface area contributed by atoms with E-state index >= 15 is 0 Å². The fraction of sp³-hybridized carbons (Fsp3) is 0.846. The number of esters is 1. The number of ether oxygens (including phenoxy) is 1. The van der Waals surface area contributed by atoms with E-state index in [2.05, 4.69) is 55.6 Å². The smallest absolute Gasteiger partial charge is 0.305 e. The topological polar surface area (TPSA) is 95.9 Å². The summed E-state index contributed by atoms with van der Waals surface area (Å²) in [4.78, 5) is 24.4. The molecule has 0 heterocycles. The van der Waals surface area contributed by atoms with Crippen LogP contribution in [0.4, 0.5) is 0 Å². The Morgan fingerprint density at radius 1 is 0.483 bits per heavy atom. The van der Waals surface area contributed by atoms with Crippen LogP contribution in [0.2, 0.25) is 0 Å². The monoisotopic (exact) mass is 816 g/mol. The largest absolute Gasteiger partial charge is 0.466 e. The van der Waals surface area contributed by atoms with E-state index in [-0.39, 0.29) is 18.5 Å². The summed E-state index contributed by atoms with van der Waals surface area (Å²) >= 11 is 0. The second-order valence-corrected chi connectivity index (χ2v) is 17.2. The Balaban J connectivity index is 3.54. The van der Waals surface area contributed by atoms with E-state index in [0.717, 1.165) is 77.0 Å². The third kappa shape index (κ3) is 43.7. The van der Waals surface area contributed by atoms with Gasteiger partial charge in [0.1, 0.15) is 0 Å². The Kier molecular flexibility index (Phi) is 46.2. The van der Waals surface area contributed by atoms with E-state index in [1.165, 1.54) is 148 Å². The van der Waals surface area contributed by atoms with Crippen LogP contribution in [-0.2, 0) is 14.3 Å². The van der Waals surface area contributed by atoms with Crippen molar-refractivity contribution in [2.75, 3.05) is 13.2 Å². The quantitative estimate of drug-likeness (QED) is 0.0246. The highest BCUT2D eigenvalue weighted by Crippen LogP contribution is 2.16. The summed E-state index contributed by atoms with van der Waals surface area (Å²) in [6, 6.07) is -0.558. The number of hydrogen-bond acceptors (Lipinski definition) is 5. The Bertz CT molecular complexity index is 946. The molecule has 3 N–H and O–H groups in total. The highest BCUT2D eigenvalue weighted by atomic mass is 16.5. The maximum atomic E-state index is 12.4. The average Bonchev–Trinajstić information content (AvgIpc) is 3.22. The second-order valence-electron chi connectivity index (χ2n) is 17.2. The molecule has 0 fully saturated rings. The van der Waals surface area contributed by atoms with Gasteiger partial charge in [0.15, 0.2) is 0 Å². The zero-order valence-corrected chi connectivity index (χ0v) is 38.5. The lowest BCUT2D eigenvalue weighted by molar-refractivity contribution is -0.143. The van der Waals surface area contributed by atoms with Crippen LogP contribution in [0.25, 0.3) is 0 Å². The maximum Gasteiger partial charge on any atom is 0.305 e. The van der Waals surface area contributed by atoms with Crippen molar-refractivity contribution in [1.29, 1.82) is 0 Å². The molecule has 0 bridgehead atoms. The zero-order chi connectivity index (χ0) is 42.3. The van der Waals surface area contributed by atoms with E-state index in [9.17, 15) is 19.8 Å². The van der Waals surface area contributed by atoms with Crippen molar-refractivity contribution in [2.45, 2.75) is 270 Å². The number of aliphatic hydroxyl groups is 2. The van der Waals surface area contributed by atoms with Crippen molar-refractivity contribution in [2.24, 2.45) is 0 Å². The van der Waals surface area contributed by atoms with Gasteiger partial charge in [-0.05, 0) is 83.5 Å². The number of amides is 1. The van der Waals surface area contributed by atoms with Crippen LogP contribution in [0.3, 0.4) is 0 Å². The summed E-state index contributed by atoms with van der Waals surface area (Å²) in [7, 11) is 0. The van der Waals surface area contributed by atoms with Gasteiger partial charge in [-0.15, -0.1) is 0 Å². The number of aliphatic hydroxyl groups excluding tert-OH is 2. The number of nitrogens with one attached hydrogen (secondary N) is 1. The van der Waals surface area contributed by atoms with Crippen LogP contribution in [0.1, 0.15) is 258 Å². The molecule has 0 aliphatic rings. The third-order valence-corrected chi connectivity index (χ3v) is 11.4. The van der Waals surface area contributed by atoms with Crippen LogP contribution >= 0.6 is 0 Å². The number of hydrogen-bond donors (Lipinski definition) is 3. The Hall–Kier alpha value is -1.92. The van der Waals surface area contributed by atoms with Gasteiger partial charge >= 0.3 is 5.97 Å². The third-order valence-electron chi connectivity index (χ3n) is 11.4. The lowest BCUT2D eigenvalue weighted by Gasteiger charge is -2.22. The van der Waals surface area contributed by atoms with Crippen molar-refractivity contribution in [3.8, 4) is 0 Å². The Labute approximate surface area is 360 Å². The minimum absolute atomic E-state index is 0.0323. The van der Waals surface area contributed by atoms with Crippen LogP contribution in [0, 0.1) is 0 Å². The fourth-order valence-corrected chi connectivity index (χ4v) is 7.51. The van der Waals surface area contributed by atoms with E-state index in [0.29, 0.717) is 25.9 Å². The van der Waals surface area contributed by atoms with Gasteiger partial charge in [0.2, 0.25) is 5.91 Å². The molecule has 0 aromatic rings. The van der Waals surface area contributed by atoms with Crippen molar-refractivity contribution in [3.63, 3.8) is 0 Å². The van der Waals surface area contributed by atoms with Gasteiger partial charge in [0, 0.05) is 12.8 Å². The second kappa shape index (κ2) is 47.8. The number of carbonyl (C=O) groups excluding carboxylic acids is 2. The summed E-state index contributed by atoms with van der Waals surface area (Å²) in [5.41, 5.74) is 0. The molecule has 0 rings (SSSR count). The minimum atomic E-state index is -0.678. The van der Waals surface area contributed by atoms with E-state index in [1.807, 2.05) is 0 Å². The molecule has 0 radical (unpaired) electrons. The molecule has 2 unspecified atom stereocenters. The first-order chi connectivity index (χ1) is 28.5. The predicted molar refractivity (Wildman–Crippen MR) is 250 cm³/mol. The summed E-state index contributed by atoms with van der Waals surface area (Å²) in [5, 5.41) is 23.2. The summed E-state index contributed by atoms with van der Waals surface area (Å²) in [6.07, 6.45) is 56.8. The normalized spacial score (nSPS) is 13.0. The number of allylic oxidation sites excluding steroid dienone is 6. The molecule has 58 heavy (non-hydrogen) atoms. The molecule has 0 aliphatic carbocycles. The lowest BCUT2D eigenvalue weighted by Crippen LogP contribution is -2.45. The fourth-order valence-electron chi connectivity index (χ4n) is 7.51. The van der Waals surface area contributed by atoms with Crippen LogP contribution in [-0.4, -0.2) is 47.4 Å². The molecule has 6 heteroatoms. The molecule has 340 valence electrons. The van der Waals surface area contributed by atoms with Gasteiger partial charge < -0.3 is 20.3 Å². The van der Waals surface area contributed by atoms with Crippen molar-refractivity contribution in [1.82, 2.24) is 5.32 Å². The molecule has 0 aromatic carbocycles. The molecule has 0 aromatic heterocycles. The SMILES string of the molecule is CCCCC/C=C\CCCCCCCC(=O)OCCCCC/C=C\C=C/CCCCCCCCC(=O)NC(CO)C(O)CCCCCCCCCCCCCCCC. The van der Waals surface area contributed by atoms with Gasteiger partial charge in [-0.3, -0.25) is 9.59 Å². The molecule has 1 amide bonds.